The van der Waals surface area contributed by atoms with Crippen LogP contribution in [0.5, 0.6) is 0 Å². The molecular formula is C14H25N3O2. The lowest BCUT2D eigenvalue weighted by molar-refractivity contribution is -0.138. The number of hydrogen-bond acceptors (Lipinski definition) is 3. The molecule has 2 rings (SSSR count). The first-order valence-electron chi connectivity index (χ1n) is 7.25. The summed E-state index contributed by atoms with van der Waals surface area (Å²) in [6.45, 7) is 4.93. The summed E-state index contributed by atoms with van der Waals surface area (Å²) in [6, 6.07) is 0.848. The van der Waals surface area contributed by atoms with Crippen LogP contribution in [0.2, 0.25) is 0 Å². The second-order valence-corrected chi connectivity index (χ2v) is 6.28. The lowest BCUT2D eigenvalue weighted by atomic mass is 9.88. The summed E-state index contributed by atoms with van der Waals surface area (Å²) in [6.07, 6.45) is 3.21. The van der Waals surface area contributed by atoms with Crippen LogP contribution in [0.15, 0.2) is 0 Å². The molecule has 0 radical (unpaired) electrons. The summed E-state index contributed by atoms with van der Waals surface area (Å²) >= 11 is 0. The highest BCUT2D eigenvalue weighted by atomic mass is 16.2. The van der Waals surface area contributed by atoms with Crippen LogP contribution in [0, 0.1) is 11.8 Å². The first-order valence-corrected chi connectivity index (χ1v) is 7.25. The van der Waals surface area contributed by atoms with Crippen molar-refractivity contribution in [3.05, 3.63) is 0 Å². The average Bonchev–Trinajstić information content (AvgIpc) is 2.97. The Balaban J connectivity index is 1.78. The van der Waals surface area contributed by atoms with E-state index in [1.165, 1.54) is 6.42 Å². The molecule has 2 N–H and O–H groups in total. The van der Waals surface area contributed by atoms with Crippen LogP contribution in [-0.2, 0) is 9.59 Å². The summed E-state index contributed by atoms with van der Waals surface area (Å²) in [4.78, 5) is 25.6. The quantitative estimate of drug-likeness (QED) is 0.756. The highest BCUT2D eigenvalue weighted by Crippen LogP contribution is 2.34. The Morgan fingerprint density at radius 1 is 1.37 bits per heavy atom. The zero-order chi connectivity index (χ0) is 14.0. The topological polar surface area (TPSA) is 61.4 Å². The minimum atomic E-state index is -0.0688. The lowest BCUT2D eigenvalue weighted by Crippen LogP contribution is -2.44. The Morgan fingerprint density at radius 2 is 2.11 bits per heavy atom. The van der Waals surface area contributed by atoms with Gasteiger partial charge in [-0.15, -0.1) is 0 Å². The number of carbonyl (C=O) groups excluding carboxylic acids is 2. The smallest absolute Gasteiger partial charge is 0.239 e. The van der Waals surface area contributed by atoms with Crippen LogP contribution in [0.25, 0.3) is 0 Å². The molecule has 2 aliphatic heterocycles. The fourth-order valence-corrected chi connectivity index (χ4v) is 3.05. The highest BCUT2D eigenvalue weighted by molar-refractivity contribution is 5.86. The molecule has 19 heavy (non-hydrogen) atoms. The molecule has 0 aromatic rings. The molecule has 5 heteroatoms. The van der Waals surface area contributed by atoms with Gasteiger partial charge in [0.2, 0.25) is 11.8 Å². The van der Waals surface area contributed by atoms with E-state index in [1.54, 1.807) is 11.9 Å². The molecule has 0 saturated carbocycles. The maximum atomic E-state index is 12.3. The predicted molar refractivity (Wildman–Crippen MR) is 73.5 cm³/mol. The predicted octanol–water partition coefficient (Wildman–Crippen LogP) is 0.358. The Kier molecular flexibility index (Phi) is 4.45. The number of nitrogens with one attached hydrogen (secondary N) is 2. The van der Waals surface area contributed by atoms with Crippen molar-refractivity contribution >= 4 is 11.8 Å². The maximum Gasteiger partial charge on any atom is 0.239 e. The molecule has 2 bridgehead atoms. The molecule has 2 heterocycles. The van der Waals surface area contributed by atoms with E-state index in [4.69, 9.17) is 0 Å². The van der Waals surface area contributed by atoms with Crippen molar-refractivity contribution in [3.8, 4) is 0 Å². The van der Waals surface area contributed by atoms with Gasteiger partial charge < -0.3 is 15.5 Å². The van der Waals surface area contributed by atoms with Crippen molar-refractivity contribution in [2.75, 3.05) is 20.1 Å². The normalized spacial score (nSPS) is 28.7. The standard InChI is InChI=1S/C14H25N3O2/c1-9(2)7-15-13(18)8-17(3)14(19)11-6-10-4-5-12(11)16-10/h9-12,16H,4-8H2,1-3H3,(H,15,18). The summed E-state index contributed by atoms with van der Waals surface area (Å²) in [5.41, 5.74) is 0. The van der Waals surface area contributed by atoms with Crippen molar-refractivity contribution in [2.45, 2.75) is 45.2 Å². The number of likely N-dealkylation sites (N-methyl/N-ethyl adjacent to an activating group) is 1. The Morgan fingerprint density at radius 3 is 2.63 bits per heavy atom. The number of carbonyl (C=O) groups is 2. The third-order valence-electron chi connectivity index (χ3n) is 4.08. The SMILES string of the molecule is CC(C)CNC(=O)CN(C)C(=O)C1CC2CCC1N2. The Hall–Kier alpha value is -1.10. The minimum Gasteiger partial charge on any atom is -0.354 e. The van der Waals surface area contributed by atoms with Gasteiger partial charge in [0.25, 0.3) is 0 Å². The van der Waals surface area contributed by atoms with Gasteiger partial charge in [0.15, 0.2) is 0 Å². The van der Waals surface area contributed by atoms with Crippen LogP contribution in [-0.4, -0.2) is 48.9 Å². The van der Waals surface area contributed by atoms with Gasteiger partial charge in [0.05, 0.1) is 12.5 Å². The number of fused-ring (bicyclic) bond motifs is 2. The van der Waals surface area contributed by atoms with E-state index in [-0.39, 0.29) is 24.3 Å². The Labute approximate surface area is 115 Å². The fraction of sp³-hybridized carbons (Fsp3) is 0.857. The van der Waals surface area contributed by atoms with Crippen molar-refractivity contribution in [2.24, 2.45) is 11.8 Å². The molecule has 2 fully saturated rings. The first kappa shape index (κ1) is 14.3. The largest absolute Gasteiger partial charge is 0.354 e. The van der Waals surface area contributed by atoms with Crippen LogP contribution in [0.1, 0.15) is 33.1 Å². The van der Waals surface area contributed by atoms with Gasteiger partial charge in [-0.1, -0.05) is 13.8 Å². The Bertz CT molecular complexity index is 357. The van der Waals surface area contributed by atoms with E-state index in [9.17, 15) is 9.59 Å². The van der Waals surface area contributed by atoms with E-state index in [0.29, 0.717) is 24.5 Å². The van der Waals surface area contributed by atoms with Crippen molar-refractivity contribution in [3.63, 3.8) is 0 Å². The fourth-order valence-electron chi connectivity index (χ4n) is 3.05. The third kappa shape index (κ3) is 3.47. The van der Waals surface area contributed by atoms with Crippen LogP contribution in [0.4, 0.5) is 0 Å². The molecule has 0 aromatic heterocycles. The zero-order valence-corrected chi connectivity index (χ0v) is 12.1. The summed E-state index contributed by atoms with van der Waals surface area (Å²) in [5, 5.41) is 6.30. The number of rotatable bonds is 5. The second-order valence-electron chi connectivity index (χ2n) is 6.28. The second kappa shape index (κ2) is 5.90. The molecule has 5 nitrogen and oxygen atoms in total. The molecule has 2 amide bonds. The molecule has 2 saturated heterocycles. The third-order valence-corrected chi connectivity index (χ3v) is 4.08. The molecular weight excluding hydrogens is 242 g/mol. The molecule has 0 aromatic carbocycles. The highest BCUT2D eigenvalue weighted by Gasteiger charge is 2.43. The van der Waals surface area contributed by atoms with E-state index < -0.39 is 0 Å². The van der Waals surface area contributed by atoms with E-state index >= 15 is 0 Å². The monoisotopic (exact) mass is 267 g/mol. The zero-order valence-electron chi connectivity index (χ0n) is 12.1. The molecule has 0 aliphatic carbocycles. The lowest BCUT2D eigenvalue weighted by Gasteiger charge is -2.25. The summed E-state index contributed by atoms with van der Waals surface area (Å²) < 4.78 is 0. The van der Waals surface area contributed by atoms with Crippen molar-refractivity contribution in [1.29, 1.82) is 0 Å². The molecule has 3 unspecified atom stereocenters. The number of amides is 2. The van der Waals surface area contributed by atoms with E-state index in [2.05, 4.69) is 24.5 Å². The van der Waals surface area contributed by atoms with Gasteiger partial charge >= 0.3 is 0 Å². The van der Waals surface area contributed by atoms with Crippen LogP contribution >= 0.6 is 0 Å². The molecule has 2 aliphatic rings. The summed E-state index contributed by atoms with van der Waals surface area (Å²) in [7, 11) is 1.73. The molecule has 3 atom stereocenters. The number of hydrogen-bond donors (Lipinski definition) is 2. The van der Waals surface area contributed by atoms with Crippen LogP contribution in [0.3, 0.4) is 0 Å². The van der Waals surface area contributed by atoms with Gasteiger partial charge in [0.1, 0.15) is 0 Å². The first-order chi connectivity index (χ1) is 8.97. The van der Waals surface area contributed by atoms with Gasteiger partial charge in [0, 0.05) is 25.7 Å². The summed E-state index contributed by atoms with van der Waals surface area (Å²) in [5.74, 6) is 0.543. The molecule has 108 valence electrons. The van der Waals surface area contributed by atoms with E-state index in [0.717, 1.165) is 12.8 Å². The van der Waals surface area contributed by atoms with Gasteiger partial charge in [-0.05, 0) is 25.2 Å². The van der Waals surface area contributed by atoms with Gasteiger partial charge in [-0.2, -0.15) is 0 Å². The van der Waals surface area contributed by atoms with Gasteiger partial charge in [-0.3, -0.25) is 9.59 Å². The van der Waals surface area contributed by atoms with Crippen molar-refractivity contribution < 1.29 is 9.59 Å². The van der Waals surface area contributed by atoms with Crippen LogP contribution < -0.4 is 10.6 Å². The maximum absolute atomic E-state index is 12.3. The average molecular weight is 267 g/mol. The van der Waals surface area contributed by atoms with E-state index in [1.807, 2.05) is 0 Å². The molecule has 0 spiro atoms. The van der Waals surface area contributed by atoms with Gasteiger partial charge in [-0.25, -0.2) is 0 Å². The van der Waals surface area contributed by atoms with Crippen molar-refractivity contribution in [1.82, 2.24) is 15.5 Å². The number of nitrogens with zero attached hydrogens (tertiary/aromatic N) is 1. The minimum absolute atomic E-state index is 0.0688.